The van der Waals surface area contributed by atoms with E-state index in [1.165, 1.54) is 0 Å². The molecule has 1 aliphatic rings. The molecule has 78 valence electrons. The van der Waals surface area contributed by atoms with Crippen LogP contribution in [0.5, 0.6) is 0 Å². The SMILES string of the molecule is CC(C)NCCN1CCOC(C)C1. The molecule has 0 aromatic carbocycles. The molecule has 0 amide bonds. The van der Waals surface area contributed by atoms with E-state index in [1.807, 2.05) is 0 Å². The van der Waals surface area contributed by atoms with Crippen LogP contribution in [0.4, 0.5) is 0 Å². The van der Waals surface area contributed by atoms with Crippen molar-refractivity contribution in [2.75, 3.05) is 32.8 Å². The molecule has 1 atom stereocenters. The first kappa shape index (κ1) is 11.0. The fourth-order valence-corrected chi connectivity index (χ4v) is 1.61. The van der Waals surface area contributed by atoms with Crippen molar-refractivity contribution in [1.29, 1.82) is 0 Å². The summed E-state index contributed by atoms with van der Waals surface area (Å²) in [6.07, 6.45) is 0.410. The van der Waals surface area contributed by atoms with E-state index in [9.17, 15) is 0 Å². The molecule has 13 heavy (non-hydrogen) atoms. The molecule has 0 aromatic heterocycles. The highest BCUT2D eigenvalue weighted by Crippen LogP contribution is 2.02. The zero-order valence-corrected chi connectivity index (χ0v) is 9.05. The van der Waals surface area contributed by atoms with Gasteiger partial charge in [0.15, 0.2) is 0 Å². The summed E-state index contributed by atoms with van der Waals surface area (Å²) in [6, 6.07) is 0.596. The van der Waals surface area contributed by atoms with Crippen molar-refractivity contribution in [3.8, 4) is 0 Å². The van der Waals surface area contributed by atoms with Crippen molar-refractivity contribution in [3.05, 3.63) is 0 Å². The van der Waals surface area contributed by atoms with Crippen LogP contribution >= 0.6 is 0 Å². The van der Waals surface area contributed by atoms with Gasteiger partial charge in [-0.25, -0.2) is 0 Å². The zero-order valence-electron chi connectivity index (χ0n) is 9.05. The second-order valence-corrected chi connectivity index (χ2v) is 4.09. The Morgan fingerprint density at radius 3 is 2.92 bits per heavy atom. The summed E-state index contributed by atoms with van der Waals surface area (Å²) in [7, 11) is 0. The van der Waals surface area contributed by atoms with Crippen LogP contribution < -0.4 is 5.32 Å². The standard InChI is InChI=1S/C10H22N2O/c1-9(2)11-4-5-12-6-7-13-10(3)8-12/h9-11H,4-8H2,1-3H3. The molecule has 0 spiro atoms. The topological polar surface area (TPSA) is 24.5 Å². The normalized spacial score (nSPS) is 25.4. The largest absolute Gasteiger partial charge is 0.376 e. The first-order valence-electron chi connectivity index (χ1n) is 5.26. The van der Waals surface area contributed by atoms with Crippen molar-refractivity contribution in [2.45, 2.75) is 32.9 Å². The minimum atomic E-state index is 0.410. The van der Waals surface area contributed by atoms with E-state index in [4.69, 9.17) is 4.74 Å². The summed E-state index contributed by atoms with van der Waals surface area (Å²) in [5, 5.41) is 3.43. The lowest BCUT2D eigenvalue weighted by Gasteiger charge is -2.31. The Balaban J connectivity index is 2.06. The summed E-state index contributed by atoms with van der Waals surface area (Å²) in [6.45, 7) is 11.8. The van der Waals surface area contributed by atoms with Gasteiger partial charge in [-0.1, -0.05) is 13.8 Å². The van der Waals surface area contributed by atoms with Gasteiger partial charge in [0.2, 0.25) is 0 Å². The molecular formula is C10H22N2O. The molecule has 1 rings (SSSR count). The third kappa shape index (κ3) is 4.60. The first-order valence-corrected chi connectivity index (χ1v) is 5.26. The summed E-state index contributed by atoms with van der Waals surface area (Å²) in [4.78, 5) is 2.46. The van der Waals surface area contributed by atoms with E-state index in [2.05, 4.69) is 31.0 Å². The van der Waals surface area contributed by atoms with E-state index in [0.717, 1.165) is 32.8 Å². The van der Waals surface area contributed by atoms with Crippen molar-refractivity contribution < 1.29 is 4.74 Å². The van der Waals surface area contributed by atoms with Crippen LogP contribution in [0.25, 0.3) is 0 Å². The van der Waals surface area contributed by atoms with Crippen molar-refractivity contribution >= 4 is 0 Å². The second-order valence-electron chi connectivity index (χ2n) is 4.09. The molecule has 1 unspecified atom stereocenters. The molecule has 0 aliphatic carbocycles. The minimum Gasteiger partial charge on any atom is -0.376 e. The molecule has 1 N–H and O–H groups in total. The van der Waals surface area contributed by atoms with Crippen LogP contribution in [0, 0.1) is 0 Å². The van der Waals surface area contributed by atoms with Crippen molar-refractivity contribution in [1.82, 2.24) is 10.2 Å². The second kappa shape index (κ2) is 5.58. The van der Waals surface area contributed by atoms with Gasteiger partial charge in [-0.15, -0.1) is 0 Å². The molecule has 1 heterocycles. The van der Waals surface area contributed by atoms with Crippen molar-refractivity contribution in [2.24, 2.45) is 0 Å². The molecule has 1 fully saturated rings. The number of hydrogen-bond donors (Lipinski definition) is 1. The van der Waals surface area contributed by atoms with Crippen LogP contribution in [0.1, 0.15) is 20.8 Å². The van der Waals surface area contributed by atoms with Gasteiger partial charge in [-0.3, -0.25) is 4.90 Å². The molecular weight excluding hydrogens is 164 g/mol. The predicted octanol–water partition coefficient (Wildman–Crippen LogP) is 0.705. The number of hydrogen-bond acceptors (Lipinski definition) is 3. The van der Waals surface area contributed by atoms with Gasteiger partial charge in [0.05, 0.1) is 12.7 Å². The monoisotopic (exact) mass is 186 g/mol. The maximum atomic E-state index is 5.47. The highest BCUT2D eigenvalue weighted by atomic mass is 16.5. The lowest BCUT2D eigenvalue weighted by atomic mass is 10.3. The summed E-state index contributed by atoms with van der Waals surface area (Å²) < 4.78 is 5.47. The van der Waals surface area contributed by atoms with Gasteiger partial charge in [-0.2, -0.15) is 0 Å². The number of nitrogens with zero attached hydrogens (tertiary/aromatic N) is 1. The van der Waals surface area contributed by atoms with E-state index in [0.29, 0.717) is 12.1 Å². The Kier molecular flexibility index (Phi) is 4.70. The van der Waals surface area contributed by atoms with Crippen LogP contribution in [0.3, 0.4) is 0 Å². The van der Waals surface area contributed by atoms with Crippen LogP contribution in [-0.2, 0) is 4.74 Å². The van der Waals surface area contributed by atoms with Gasteiger partial charge in [0.1, 0.15) is 0 Å². The molecule has 1 aliphatic heterocycles. The Morgan fingerprint density at radius 2 is 2.31 bits per heavy atom. The van der Waals surface area contributed by atoms with Gasteiger partial charge < -0.3 is 10.1 Å². The zero-order chi connectivity index (χ0) is 9.68. The molecule has 0 radical (unpaired) electrons. The maximum absolute atomic E-state index is 5.47. The van der Waals surface area contributed by atoms with Crippen LogP contribution in [0.2, 0.25) is 0 Å². The summed E-state index contributed by atoms with van der Waals surface area (Å²) in [5.74, 6) is 0. The molecule has 0 saturated carbocycles. The summed E-state index contributed by atoms with van der Waals surface area (Å²) in [5.41, 5.74) is 0. The van der Waals surface area contributed by atoms with Gasteiger partial charge in [-0.05, 0) is 6.92 Å². The Labute approximate surface area is 81.4 Å². The summed E-state index contributed by atoms with van der Waals surface area (Å²) >= 11 is 0. The molecule has 3 nitrogen and oxygen atoms in total. The van der Waals surface area contributed by atoms with E-state index in [-0.39, 0.29) is 0 Å². The Morgan fingerprint density at radius 1 is 1.54 bits per heavy atom. The minimum absolute atomic E-state index is 0.410. The first-order chi connectivity index (χ1) is 6.18. The predicted molar refractivity (Wildman–Crippen MR) is 55.0 cm³/mol. The maximum Gasteiger partial charge on any atom is 0.0674 e. The molecule has 1 saturated heterocycles. The van der Waals surface area contributed by atoms with Crippen molar-refractivity contribution in [3.63, 3.8) is 0 Å². The van der Waals surface area contributed by atoms with E-state index in [1.54, 1.807) is 0 Å². The van der Waals surface area contributed by atoms with Crippen LogP contribution in [-0.4, -0.2) is 49.8 Å². The smallest absolute Gasteiger partial charge is 0.0674 e. The number of morpholine rings is 1. The lowest BCUT2D eigenvalue weighted by Crippen LogP contribution is -2.44. The highest BCUT2D eigenvalue weighted by Gasteiger charge is 2.15. The van der Waals surface area contributed by atoms with Crippen LogP contribution in [0.15, 0.2) is 0 Å². The number of nitrogens with one attached hydrogen (secondary N) is 1. The van der Waals surface area contributed by atoms with Gasteiger partial charge in [0, 0.05) is 32.2 Å². The molecule has 0 aromatic rings. The molecule has 3 heteroatoms. The highest BCUT2D eigenvalue weighted by molar-refractivity contribution is 4.68. The number of rotatable bonds is 4. The Bertz CT molecular complexity index is 139. The molecule has 0 bridgehead atoms. The Hall–Kier alpha value is -0.120. The fraction of sp³-hybridized carbons (Fsp3) is 1.00. The van der Waals surface area contributed by atoms with E-state index < -0.39 is 0 Å². The average molecular weight is 186 g/mol. The van der Waals surface area contributed by atoms with Gasteiger partial charge in [0.25, 0.3) is 0 Å². The van der Waals surface area contributed by atoms with Gasteiger partial charge >= 0.3 is 0 Å². The number of ether oxygens (including phenoxy) is 1. The average Bonchev–Trinajstić information content (AvgIpc) is 2.03. The third-order valence-corrected chi connectivity index (χ3v) is 2.31. The lowest BCUT2D eigenvalue weighted by molar-refractivity contribution is -0.0177. The quantitative estimate of drug-likeness (QED) is 0.699. The fourth-order valence-electron chi connectivity index (χ4n) is 1.61. The van der Waals surface area contributed by atoms with E-state index >= 15 is 0 Å². The third-order valence-electron chi connectivity index (χ3n) is 2.31.